The van der Waals surface area contributed by atoms with E-state index in [-0.39, 0.29) is 5.60 Å². The van der Waals surface area contributed by atoms with Crippen LogP contribution in [0.25, 0.3) is 0 Å². The van der Waals surface area contributed by atoms with Gasteiger partial charge in [0, 0.05) is 17.7 Å². The fourth-order valence-corrected chi connectivity index (χ4v) is 6.66. The molecule has 0 aliphatic carbocycles. The van der Waals surface area contributed by atoms with Gasteiger partial charge < -0.3 is 9.84 Å². The highest BCUT2D eigenvalue weighted by molar-refractivity contribution is 5.59. The smallest absolute Gasteiger partial charge is 0.127 e. The van der Waals surface area contributed by atoms with Crippen molar-refractivity contribution < 1.29 is 9.84 Å². The van der Waals surface area contributed by atoms with E-state index < -0.39 is 0 Å². The van der Waals surface area contributed by atoms with Gasteiger partial charge in [0.2, 0.25) is 0 Å². The first-order chi connectivity index (χ1) is 17.6. The molecule has 1 aromatic rings. The first kappa shape index (κ1) is 30.3. The zero-order valence-electron chi connectivity index (χ0n) is 25.6. The average molecular weight is 514 g/mol. The Balaban J connectivity index is 1.49. The van der Waals surface area contributed by atoms with Gasteiger partial charge in [-0.25, -0.2) is 0 Å². The van der Waals surface area contributed by atoms with E-state index in [0.29, 0.717) is 5.75 Å². The number of piperidine rings is 1. The van der Waals surface area contributed by atoms with Crippen molar-refractivity contribution in [3.05, 3.63) is 22.3 Å². The lowest BCUT2D eigenvalue weighted by Crippen LogP contribution is -2.38. The highest BCUT2D eigenvalue weighted by atomic mass is 16.5. The summed E-state index contributed by atoms with van der Waals surface area (Å²) in [6, 6.07) is 0. The maximum atomic E-state index is 11.1. The van der Waals surface area contributed by atoms with Gasteiger partial charge in [-0.3, -0.25) is 4.90 Å². The fraction of sp³-hybridized carbons (Fsp3) is 0.824. The molecule has 2 heterocycles. The Kier molecular flexibility index (Phi) is 11.7. The van der Waals surface area contributed by atoms with Gasteiger partial charge >= 0.3 is 0 Å². The number of rotatable bonds is 14. The number of hydrogen-bond acceptors (Lipinski definition) is 3. The monoisotopic (exact) mass is 513 g/mol. The molecule has 0 radical (unpaired) electrons. The van der Waals surface area contributed by atoms with E-state index in [1.54, 1.807) is 0 Å². The summed E-state index contributed by atoms with van der Waals surface area (Å²) >= 11 is 0. The van der Waals surface area contributed by atoms with Crippen molar-refractivity contribution in [1.29, 1.82) is 0 Å². The normalized spacial score (nSPS) is 22.1. The number of ether oxygens (including phenoxy) is 1. The Bertz CT molecular complexity index is 841. The molecule has 2 aliphatic heterocycles. The summed E-state index contributed by atoms with van der Waals surface area (Å²) in [5, 5.41) is 11.1. The largest absolute Gasteiger partial charge is 0.507 e. The molecule has 212 valence electrons. The molecule has 1 fully saturated rings. The van der Waals surface area contributed by atoms with Crippen molar-refractivity contribution in [1.82, 2.24) is 4.90 Å². The third-order valence-electron chi connectivity index (χ3n) is 9.54. The lowest BCUT2D eigenvalue weighted by Gasteiger charge is -2.39. The number of likely N-dealkylation sites (tertiary alicyclic amines) is 1. The van der Waals surface area contributed by atoms with Crippen LogP contribution in [0.3, 0.4) is 0 Å². The van der Waals surface area contributed by atoms with Crippen LogP contribution in [-0.2, 0) is 13.0 Å². The molecule has 3 rings (SSSR count). The molecule has 3 nitrogen and oxygen atoms in total. The molecule has 0 aromatic heterocycles. The summed E-state index contributed by atoms with van der Waals surface area (Å²) in [7, 11) is 0. The second kappa shape index (κ2) is 14.2. The molecule has 1 saturated heterocycles. The van der Waals surface area contributed by atoms with Crippen LogP contribution in [0.2, 0.25) is 0 Å². The van der Waals surface area contributed by atoms with Gasteiger partial charge in [0.15, 0.2) is 0 Å². The lowest BCUT2D eigenvalue weighted by atomic mass is 9.83. The van der Waals surface area contributed by atoms with E-state index in [2.05, 4.69) is 53.4 Å². The Morgan fingerprint density at radius 1 is 0.838 bits per heavy atom. The predicted octanol–water partition coefficient (Wildman–Crippen LogP) is 9.52. The van der Waals surface area contributed by atoms with E-state index in [1.165, 1.54) is 76.2 Å². The zero-order chi connectivity index (χ0) is 27.0. The predicted molar refractivity (Wildman–Crippen MR) is 159 cm³/mol. The van der Waals surface area contributed by atoms with Crippen molar-refractivity contribution in [2.24, 2.45) is 17.8 Å². The average Bonchev–Trinajstić information content (AvgIpc) is 2.86. The number of phenolic OH excluding ortho intramolecular Hbond substituents is 1. The molecule has 2 aliphatic rings. The van der Waals surface area contributed by atoms with Crippen LogP contribution in [0.4, 0.5) is 0 Å². The van der Waals surface area contributed by atoms with Gasteiger partial charge in [-0.2, -0.15) is 0 Å². The standard InChI is InChI=1S/C34H59NO2/c1-25(2)14-11-15-26(3)16-12-17-27(4)18-13-20-34(7)21-19-30-31(24-35-22-9-8-10-23-35)32(36)28(5)29(6)33(30)37-34/h25-27,36H,8-24H2,1-7H3. The second-order valence-electron chi connectivity index (χ2n) is 13.6. The molecule has 0 spiro atoms. The van der Waals surface area contributed by atoms with Gasteiger partial charge in [0.25, 0.3) is 0 Å². The Hall–Kier alpha value is -1.22. The number of fused-ring (bicyclic) bond motifs is 1. The van der Waals surface area contributed by atoms with Crippen LogP contribution in [0.5, 0.6) is 11.5 Å². The van der Waals surface area contributed by atoms with Gasteiger partial charge in [-0.1, -0.05) is 79.1 Å². The van der Waals surface area contributed by atoms with E-state index in [9.17, 15) is 5.11 Å². The minimum Gasteiger partial charge on any atom is -0.507 e. The summed E-state index contributed by atoms with van der Waals surface area (Å²) in [6.45, 7) is 19.3. The molecule has 1 aromatic carbocycles. The van der Waals surface area contributed by atoms with E-state index in [4.69, 9.17) is 4.74 Å². The number of aromatic hydroxyl groups is 1. The van der Waals surface area contributed by atoms with Crippen molar-refractivity contribution in [3.63, 3.8) is 0 Å². The third-order valence-corrected chi connectivity index (χ3v) is 9.54. The van der Waals surface area contributed by atoms with Gasteiger partial charge in [0.05, 0.1) is 0 Å². The van der Waals surface area contributed by atoms with E-state index >= 15 is 0 Å². The first-order valence-corrected chi connectivity index (χ1v) is 15.8. The van der Waals surface area contributed by atoms with E-state index in [0.717, 1.165) is 79.1 Å². The van der Waals surface area contributed by atoms with Crippen LogP contribution in [0.15, 0.2) is 0 Å². The molecule has 3 unspecified atom stereocenters. The maximum Gasteiger partial charge on any atom is 0.127 e. The van der Waals surface area contributed by atoms with Crippen LogP contribution in [0.1, 0.15) is 140 Å². The first-order valence-electron chi connectivity index (χ1n) is 15.8. The van der Waals surface area contributed by atoms with Crippen LogP contribution in [0, 0.1) is 31.6 Å². The summed E-state index contributed by atoms with van der Waals surface area (Å²) < 4.78 is 6.83. The quantitative estimate of drug-likeness (QED) is 0.269. The molecule has 1 N–H and O–H groups in total. The zero-order valence-corrected chi connectivity index (χ0v) is 25.6. The summed E-state index contributed by atoms with van der Waals surface area (Å²) in [6.07, 6.45) is 18.0. The molecule has 3 heteroatoms. The summed E-state index contributed by atoms with van der Waals surface area (Å²) in [5.74, 6) is 4.12. The van der Waals surface area contributed by atoms with Gasteiger partial charge in [-0.05, 0) is 101 Å². The molecule has 0 bridgehead atoms. The molecular formula is C34H59NO2. The number of hydrogen-bond donors (Lipinski definition) is 1. The van der Waals surface area contributed by atoms with Crippen molar-refractivity contribution in [2.45, 2.75) is 151 Å². The minimum atomic E-state index is -0.0891. The molecule has 0 amide bonds. The fourth-order valence-electron chi connectivity index (χ4n) is 6.66. The topological polar surface area (TPSA) is 32.7 Å². The van der Waals surface area contributed by atoms with Crippen molar-refractivity contribution in [3.8, 4) is 11.5 Å². The molecule has 37 heavy (non-hydrogen) atoms. The summed E-state index contributed by atoms with van der Waals surface area (Å²) in [4.78, 5) is 2.52. The van der Waals surface area contributed by atoms with Gasteiger partial charge in [0.1, 0.15) is 17.1 Å². The third kappa shape index (κ3) is 8.91. The highest BCUT2D eigenvalue weighted by Crippen LogP contribution is 2.45. The number of benzene rings is 1. The Morgan fingerprint density at radius 2 is 1.43 bits per heavy atom. The van der Waals surface area contributed by atoms with Crippen LogP contribution in [-0.4, -0.2) is 28.7 Å². The van der Waals surface area contributed by atoms with Crippen LogP contribution >= 0.6 is 0 Å². The Labute approximate surface area is 229 Å². The molecule has 3 atom stereocenters. The number of phenols is 1. The lowest BCUT2D eigenvalue weighted by molar-refractivity contribution is 0.0507. The van der Waals surface area contributed by atoms with Crippen molar-refractivity contribution in [2.75, 3.05) is 13.1 Å². The Morgan fingerprint density at radius 3 is 2.05 bits per heavy atom. The molecular weight excluding hydrogens is 454 g/mol. The second-order valence-corrected chi connectivity index (χ2v) is 13.6. The van der Waals surface area contributed by atoms with Gasteiger partial charge in [-0.15, -0.1) is 0 Å². The highest BCUT2D eigenvalue weighted by Gasteiger charge is 2.35. The maximum absolute atomic E-state index is 11.1. The van der Waals surface area contributed by atoms with E-state index in [1.807, 2.05) is 0 Å². The van der Waals surface area contributed by atoms with Crippen LogP contribution < -0.4 is 4.74 Å². The molecule has 0 saturated carbocycles. The van der Waals surface area contributed by atoms with Crippen molar-refractivity contribution >= 4 is 0 Å². The SMILES string of the molecule is Cc1c(C)c2c(c(CN3CCCCC3)c1O)CCC(C)(CCCC(C)CCCC(C)CCCC(C)C)O2. The number of nitrogens with zero attached hydrogens (tertiary/aromatic N) is 1. The minimum absolute atomic E-state index is 0.0891. The summed E-state index contributed by atoms with van der Waals surface area (Å²) in [5.41, 5.74) is 4.46.